The summed E-state index contributed by atoms with van der Waals surface area (Å²) in [5, 5.41) is 31.5. The molecular formula is C30H48O4. The first-order chi connectivity index (χ1) is 15.7. The molecule has 0 aromatic carbocycles. The van der Waals surface area contributed by atoms with Crippen molar-refractivity contribution in [2.75, 3.05) is 13.2 Å². The van der Waals surface area contributed by atoms with Crippen LogP contribution in [0.25, 0.3) is 0 Å². The molecule has 0 spiro atoms. The molecule has 34 heavy (non-hydrogen) atoms. The summed E-state index contributed by atoms with van der Waals surface area (Å²) >= 11 is 0. The van der Waals surface area contributed by atoms with E-state index in [1.54, 1.807) is 0 Å². The molecule has 0 heterocycles. The van der Waals surface area contributed by atoms with E-state index < -0.39 is 11.5 Å². The standard InChI is InChI=1S/C30H48O4/c1-25(17-31)15-20-19-7-8-22-27(3)11-10-23(33)28(4,18-32)21(27)9-12-30(22,6)29(19,5)14-13-26(20,2)24(34)16-25/h7,20-23,31-33H,8-18H2,1-6H3/t20-,21+,22+,23-,25-,26+,27-,28-,29+,30+/m0/s1. The highest BCUT2D eigenvalue weighted by Gasteiger charge is 2.69. The molecule has 10 atom stereocenters. The van der Waals surface area contributed by atoms with Gasteiger partial charge in [-0.05, 0) is 90.8 Å². The van der Waals surface area contributed by atoms with E-state index in [9.17, 15) is 20.1 Å². The zero-order valence-electron chi connectivity index (χ0n) is 22.4. The number of aliphatic hydroxyl groups excluding tert-OH is 3. The number of rotatable bonds is 2. The van der Waals surface area contributed by atoms with Gasteiger partial charge in [0.25, 0.3) is 0 Å². The van der Waals surface area contributed by atoms with Gasteiger partial charge in [0.1, 0.15) is 5.78 Å². The van der Waals surface area contributed by atoms with E-state index in [4.69, 9.17) is 0 Å². The van der Waals surface area contributed by atoms with Crippen molar-refractivity contribution in [3.05, 3.63) is 11.6 Å². The van der Waals surface area contributed by atoms with Crippen molar-refractivity contribution in [1.82, 2.24) is 0 Å². The summed E-state index contributed by atoms with van der Waals surface area (Å²) in [6.45, 7) is 14.0. The van der Waals surface area contributed by atoms with Gasteiger partial charge in [0, 0.05) is 23.9 Å². The largest absolute Gasteiger partial charge is 0.396 e. The molecule has 3 N–H and O–H groups in total. The summed E-state index contributed by atoms with van der Waals surface area (Å²) in [5.41, 5.74) is 0.752. The Morgan fingerprint density at radius 1 is 0.912 bits per heavy atom. The molecule has 0 radical (unpaired) electrons. The van der Waals surface area contributed by atoms with E-state index in [1.807, 2.05) is 0 Å². The molecule has 4 heteroatoms. The fourth-order valence-electron chi connectivity index (χ4n) is 10.5. The van der Waals surface area contributed by atoms with Gasteiger partial charge in [-0.2, -0.15) is 0 Å². The maximum Gasteiger partial charge on any atom is 0.139 e. The van der Waals surface area contributed by atoms with E-state index in [2.05, 4.69) is 47.6 Å². The fraction of sp³-hybridized carbons (Fsp3) is 0.900. The van der Waals surface area contributed by atoms with Gasteiger partial charge in [-0.1, -0.05) is 53.2 Å². The monoisotopic (exact) mass is 472 g/mol. The molecule has 5 aliphatic carbocycles. The summed E-state index contributed by atoms with van der Waals surface area (Å²) in [5.74, 6) is 1.42. The molecule has 0 aromatic rings. The third kappa shape index (κ3) is 2.85. The van der Waals surface area contributed by atoms with Crippen LogP contribution in [0.5, 0.6) is 0 Å². The van der Waals surface area contributed by atoms with E-state index in [0.717, 1.165) is 51.4 Å². The summed E-state index contributed by atoms with van der Waals surface area (Å²) in [6.07, 6.45) is 10.5. The SMILES string of the molecule is C[C@@]1(CO)CC(=O)[C@]2(C)CC[C@]3(C)C(=CC[C@@H]4[C@@]5(C)CC[C@H](O)[C@@](C)(CO)[C@@H]5CC[C@]43C)[C@@H]2C1. The molecule has 0 amide bonds. The second-order valence-electron chi connectivity index (χ2n) is 14.8. The van der Waals surface area contributed by atoms with Crippen molar-refractivity contribution in [2.24, 2.45) is 50.2 Å². The highest BCUT2D eigenvalue weighted by atomic mass is 16.3. The predicted molar refractivity (Wildman–Crippen MR) is 134 cm³/mol. The minimum Gasteiger partial charge on any atom is -0.396 e. The van der Waals surface area contributed by atoms with Gasteiger partial charge in [-0.3, -0.25) is 4.79 Å². The first-order valence-corrected chi connectivity index (χ1v) is 13.9. The topological polar surface area (TPSA) is 77.8 Å². The second kappa shape index (κ2) is 7.42. The number of carbonyl (C=O) groups is 1. The Hall–Kier alpha value is -0.710. The molecular weight excluding hydrogens is 424 g/mol. The number of hydrogen-bond donors (Lipinski definition) is 3. The van der Waals surface area contributed by atoms with Crippen LogP contribution in [0.1, 0.15) is 99.3 Å². The number of carbonyl (C=O) groups excluding carboxylic acids is 1. The van der Waals surface area contributed by atoms with E-state index in [1.165, 1.54) is 5.57 Å². The van der Waals surface area contributed by atoms with Gasteiger partial charge in [0.05, 0.1) is 12.7 Å². The Balaban J connectivity index is 1.58. The minimum absolute atomic E-state index is 0.0493. The molecule has 0 saturated heterocycles. The lowest BCUT2D eigenvalue weighted by molar-refractivity contribution is -0.215. The minimum atomic E-state index is -0.427. The Morgan fingerprint density at radius 3 is 2.26 bits per heavy atom. The maximum atomic E-state index is 13.5. The zero-order valence-corrected chi connectivity index (χ0v) is 22.4. The fourth-order valence-corrected chi connectivity index (χ4v) is 10.5. The van der Waals surface area contributed by atoms with Crippen LogP contribution < -0.4 is 0 Å². The van der Waals surface area contributed by atoms with Crippen molar-refractivity contribution in [3.8, 4) is 0 Å². The maximum absolute atomic E-state index is 13.5. The molecule has 192 valence electrons. The number of ketones is 1. The van der Waals surface area contributed by atoms with Crippen LogP contribution in [-0.2, 0) is 4.79 Å². The molecule has 5 rings (SSSR count). The summed E-state index contributed by atoms with van der Waals surface area (Å²) in [7, 11) is 0. The van der Waals surface area contributed by atoms with Gasteiger partial charge in [-0.25, -0.2) is 0 Å². The van der Waals surface area contributed by atoms with Gasteiger partial charge in [0.2, 0.25) is 0 Å². The van der Waals surface area contributed by atoms with Crippen LogP contribution in [-0.4, -0.2) is 40.4 Å². The van der Waals surface area contributed by atoms with Crippen molar-refractivity contribution in [3.63, 3.8) is 0 Å². The molecule has 4 fully saturated rings. The van der Waals surface area contributed by atoms with Gasteiger partial charge in [-0.15, -0.1) is 0 Å². The van der Waals surface area contributed by atoms with Crippen molar-refractivity contribution in [1.29, 1.82) is 0 Å². The first-order valence-electron chi connectivity index (χ1n) is 13.9. The molecule has 0 bridgehead atoms. The number of hydrogen-bond acceptors (Lipinski definition) is 4. The van der Waals surface area contributed by atoms with Gasteiger partial charge in [0.15, 0.2) is 0 Å². The molecule has 0 aromatic heterocycles. The van der Waals surface area contributed by atoms with E-state index in [-0.39, 0.29) is 46.2 Å². The lowest BCUT2D eigenvalue weighted by atomic mass is 9.33. The smallest absolute Gasteiger partial charge is 0.139 e. The first kappa shape index (κ1) is 25.0. The van der Waals surface area contributed by atoms with Gasteiger partial charge >= 0.3 is 0 Å². The zero-order chi connectivity index (χ0) is 24.9. The quantitative estimate of drug-likeness (QED) is 0.477. The average molecular weight is 473 g/mol. The summed E-state index contributed by atoms with van der Waals surface area (Å²) in [4.78, 5) is 13.5. The normalized spacial score (nSPS) is 57.1. The van der Waals surface area contributed by atoms with Crippen LogP contribution in [0.3, 0.4) is 0 Å². The third-order valence-corrected chi connectivity index (χ3v) is 13.2. The van der Waals surface area contributed by atoms with Crippen LogP contribution in [0.4, 0.5) is 0 Å². The van der Waals surface area contributed by atoms with Crippen LogP contribution >= 0.6 is 0 Å². The molecule has 4 nitrogen and oxygen atoms in total. The highest BCUT2D eigenvalue weighted by molar-refractivity contribution is 5.87. The lowest BCUT2D eigenvalue weighted by Crippen LogP contribution is -2.66. The van der Waals surface area contributed by atoms with Crippen LogP contribution in [0, 0.1) is 50.2 Å². The Labute approximate surface area is 206 Å². The Kier molecular flexibility index (Phi) is 5.44. The number of aliphatic hydroxyl groups is 3. The molecule has 0 unspecified atom stereocenters. The van der Waals surface area contributed by atoms with Crippen LogP contribution in [0.15, 0.2) is 11.6 Å². The van der Waals surface area contributed by atoms with E-state index in [0.29, 0.717) is 24.0 Å². The van der Waals surface area contributed by atoms with Crippen molar-refractivity contribution < 1.29 is 20.1 Å². The molecule has 4 saturated carbocycles. The summed E-state index contributed by atoms with van der Waals surface area (Å²) < 4.78 is 0. The van der Waals surface area contributed by atoms with Crippen molar-refractivity contribution >= 4 is 5.78 Å². The number of Topliss-reactive ketones (excluding diaryl/α,β-unsaturated/α-hetero) is 1. The third-order valence-electron chi connectivity index (χ3n) is 13.2. The van der Waals surface area contributed by atoms with Gasteiger partial charge < -0.3 is 15.3 Å². The average Bonchev–Trinajstić information content (AvgIpc) is 2.79. The van der Waals surface area contributed by atoms with Crippen LogP contribution in [0.2, 0.25) is 0 Å². The molecule has 5 aliphatic rings. The summed E-state index contributed by atoms with van der Waals surface area (Å²) in [6, 6.07) is 0. The van der Waals surface area contributed by atoms with Crippen molar-refractivity contribution in [2.45, 2.75) is 105 Å². The molecule has 0 aliphatic heterocycles. The van der Waals surface area contributed by atoms with E-state index >= 15 is 0 Å². The lowest BCUT2D eigenvalue weighted by Gasteiger charge is -2.71. The number of allylic oxidation sites excluding steroid dienone is 2. The highest BCUT2D eigenvalue weighted by Crippen LogP contribution is 2.75. The number of fused-ring (bicyclic) bond motifs is 7. The predicted octanol–water partition coefficient (Wildman–Crippen LogP) is 5.29. The Morgan fingerprint density at radius 2 is 1.62 bits per heavy atom. The second-order valence-corrected chi connectivity index (χ2v) is 14.8. The Bertz CT molecular complexity index is 911.